The third-order valence-corrected chi connectivity index (χ3v) is 7.12. The molecular formula is C22H22N2O6S. The topological polar surface area (TPSA) is 97.1 Å². The van der Waals surface area contributed by atoms with Crippen molar-refractivity contribution in [3.63, 3.8) is 0 Å². The molecule has 1 aromatic heterocycles. The largest absolute Gasteiger partial charge is 0.477 e. The van der Waals surface area contributed by atoms with E-state index in [1.165, 1.54) is 21.5 Å². The summed E-state index contributed by atoms with van der Waals surface area (Å²) in [6.45, 7) is 2.20. The third-order valence-electron chi connectivity index (χ3n) is 5.23. The average molecular weight is 442 g/mol. The van der Waals surface area contributed by atoms with Gasteiger partial charge in [-0.2, -0.15) is 4.31 Å². The highest BCUT2D eigenvalue weighted by Crippen LogP contribution is 2.23. The predicted octanol–water partition coefficient (Wildman–Crippen LogP) is 2.01. The van der Waals surface area contributed by atoms with E-state index in [0.29, 0.717) is 5.76 Å². The zero-order valence-corrected chi connectivity index (χ0v) is 17.8. The van der Waals surface area contributed by atoms with Gasteiger partial charge >= 0.3 is 0 Å². The summed E-state index contributed by atoms with van der Waals surface area (Å²) in [7, 11) is -3.66. The molecule has 3 aromatic rings. The molecule has 2 heterocycles. The summed E-state index contributed by atoms with van der Waals surface area (Å²) in [5, 5.41) is 1.83. The van der Waals surface area contributed by atoms with Gasteiger partial charge < -0.3 is 14.1 Å². The van der Waals surface area contributed by atoms with Crippen LogP contribution in [0.3, 0.4) is 0 Å². The van der Waals surface area contributed by atoms with Gasteiger partial charge in [0, 0.05) is 32.2 Å². The van der Waals surface area contributed by atoms with E-state index in [4.69, 9.17) is 9.15 Å². The molecule has 8 nitrogen and oxygen atoms in total. The van der Waals surface area contributed by atoms with Crippen molar-refractivity contribution in [2.75, 3.05) is 32.8 Å². The first-order chi connectivity index (χ1) is 14.8. The standard InChI is InChI=1S/C22H22N2O6S/c1-16-12-20(25)21(14-29-16)30-15-22(26)23-8-10-24(11-9-23)31(27,28)19-7-6-17-4-2-3-5-18(17)13-19/h2-7,12-14H,8-11,15H2,1H3. The Morgan fingerprint density at radius 3 is 2.45 bits per heavy atom. The molecule has 4 rings (SSSR count). The number of benzene rings is 2. The SMILES string of the molecule is Cc1cc(=O)c(OCC(=O)N2CCN(S(=O)(=O)c3ccc4ccccc4c3)CC2)co1. The highest BCUT2D eigenvalue weighted by atomic mass is 32.2. The van der Waals surface area contributed by atoms with E-state index in [-0.39, 0.29) is 54.8 Å². The average Bonchev–Trinajstić information content (AvgIpc) is 2.78. The zero-order chi connectivity index (χ0) is 22.0. The van der Waals surface area contributed by atoms with Crippen LogP contribution >= 0.6 is 0 Å². The van der Waals surface area contributed by atoms with Crippen molar-refractivity contribution in [2.24, 2.45) is 0 Å². The lowest BCUT2D eigenvalue weighted by molar-refractivity contribution is -0.134. The number of hydrogen-bond acceptors (Lipinski definition) is 6. The quantitative estimate of drug-likeness (QED) is 0.600. The second-order valence-corrected chi connectivity index (χ2v) is 9.24. The summed E-state index contributed by atoms with van der Waals surface area (Å²) in [5.41, 5.74) is -0.358. The Bertz CT molecular complexity index is 1280. The van der Waals surface area contributed by atoms with Crippen molar-refractivity contribution in [1.29, 1.82) is 0 Å². The molecule has 1 amide bonds. The van der Waals surface area contributed by atoms with Gasteiger partial charge in [-0.1, -0.05) is 30.3 Å². The van der Waals surface area contributed by atoms with Crippen LogP contribution in [0.1, 0.15) is 5.76 Å². The summed E-state index contributed by atoms with van der Waals surface area (Å²) < 4.78 is 37.9. The fourth-order valence-corrected chi connectivity index (χ4v) is 4.94. The van der Waals surface area contributed by atoms with E-state index in [2.05, 4.69) is 0 Å². The molecule has 0 aliphatic carbocycles. The third kappa shape index (κ3) is 4.47. The van der Waals surface area contributed by atoms with E-state index < -0.39 is 10.0 Å². The maximum atomic E-state index is 13.0. The van der Waals surface area contributed by atoms with Crippen LogP contribution in [0.5, 0.6) is 5.75 Å². The molecule has 0 N–H and O–H groups in total. The Morgan fingerprint density at radius 2 is 1.74 bits per heavy atom. The number of hydrogen-bond donors (Lipinski definition) is 0. The number of rotatable bonds is 5. The van der Waals surface area contributed by atoms with Crippen molar-refractivity contribution in [2.45, 2.75) is 11.8 Å². The van der Waals surface area contributed by atoms with E-state index in [0.717, 1.165) is 10.8 Å². The van der Waals surface area contributed by atoms with E-state index in [1.807, 2.05) is 24.3 Å². The lowest BCUT2D eigenvalue weighted by atomic mass is 10.1. The van der Waals surface area contributed by atoms with Crippen molar-refractivity contribution in [1.82, 2.24) is 9.21 Å². The Balaban J connectivity index is 1.38. The van der Waals surface area contributed by atoms with Crippen LogP contribution in [0.25, 0.3) is 10.8 Å². The summed E-state index contributed by atoms with van der Waals surface area (Å²) >= 11 is 0. The van der Waals surface area contributed by atoms with E-state index in [1.54, 1.807) is 25.1 Å². The Hall–Kier alpha value is -3.17. The minimum absolute atomic E-state index is 0.0310. The molecule has 9 heteroatoms. The predicted molar refractivity (Wildman–Crippen MR) is 114 cm³/mol. The number of nitrogens with zero attached hydrogens (tertiary/aromatic N) is 2. The molecule has 31 heavy (non-hydrogen) atoms. The molecule has 0 saturated carbocycles. The molecular weight excluding hydrogens is 420 g/mol. The molecule has 0 atom stereocenters. The first-order valence-electron chi connectivity index (χ1n) is 9.83. The Labute approximate surface area is 179 Å². The van der Waals surface area contributed by atoms with Crippen LogP contribution in [-0.4, -0.2) is 56.3 Å². The minimum Gasteiger partial charge on any atom is -0.477 e. The number of sulfonamides is 1. The molecule has 0 spiro atoms. The number of carbonyl (C=O) groups excluding carboxylic acids is 1. The van der Waals surface area contributed by atoms with Gasteiger partial charge in [0.15, 0.2) is 6.61 Å². The van der Waals surface area contributed by atoms with Crippen LogP contribution in [0.15, 0.2) is 68.9 Å². The smallest absolute Gasteiger partial charge is 0.260 e. The molecule has 1 aliphatic rings. The second kappa shape index (κ2) is 8.52. The van der Waals surface area contributed by atoms with Gasteiger partial charge in [-0.25, -0.2) is 8.42 Å². The molecule has 0 radical (unpaired) electrons. The Kier molecular flexibility index (Phi) is 5.79. The van der Waals surface area contributed by atoms with Crippen LogP contribution in [0, 0.1) is 6.92 Å². The van der Waals surface area contributed by atoms with Crippen LogP contribution < -0.4 is 10.2 Å². The minimum atomic E-state index is -3.66. The van der Waals surface area contributed by atoms with Crippen molar-refractivity contribution >= 4 is 26.7 Å². The maximum absolute atomic E-state index is 13.0. The fraction of sp³-hybridized carbons (Fsp3) is 0.273. The second-order valence-electron chi connectivity index (χ2n) is 7.30. The number of aryl methyl sites for hydroxylation is 1. The first-order valence-corrected chi connectivity index (χ1v) is 11.3. The highest BCUT2D eigenvalue weighted by molar-refractivity contribution is 7.89. The lowest BCUT2D eigenvalue weighted by Crippen LogP contribution is -2.51. The lowest BCUT2D eigenvalue weighted by Gasteiger charge is -2.34. The summed E-state index contributed by atoms with van der Waals surface area (Å²) in [6, 6.07) is 13.9. The zero-order valence-electron chi connectivity index (χ0n) is 17.0. The monoisotopic (exact) mass is 442 g/mol. The molecule has 2 aromatic carbocycles. The van der Waals surface area contributed by atoms with Gasteiger partial charge in [0.05, 0.1) is 4.90 Å². The van der Waals surface area contributed by atoms with Gasteiger partial charge in [-0.3, -0.25) is 9.59 Å². The van der Waals surface area contributed by atoms with Crippen LogP contribution in [-0.2, 0) is 14.8 Å². The normalized spacial score (nSPS) is 15.2. The van der Waals surface area contributed by atoms with Crippen molar-refractivity contribution in [3.05, 3.63) is 70.8 Å². The highest BCUT2D eigenvalue weighted by Gasteiger charge is 2.30. The molecule has 162 valence electrons. The number of piperazine rings is 1. The van der Waals surface area contributed by atoms with Crippen LogP contribution in [0.4, 0.5) is 0 Å². The maximum Gasteiger partial charge on any atom is 0.260 e. The first kappa shape index (κ1) is 21.1. The van der Waals surface area contributed by atoms with Crippen molar-refractivity contribution in [3.8, 4) is 5.75 Å². The van der Waals surface area contributed by atoms with Gasteiger partial charge in [-0.05, 0) is 29.8 Å². The summed E-state index contributed by atoms with van der Waals surface area (Å²) in [4.78, 5) is 26.0. The number of carbonyl (C=O) groups is 1. The summed E-state index contributed by atoms with van der Waals surface area (Å²) in [5.74, 6) is 0.103. The van der Waals surface area contributed by atoms with Crippen LogP contribution in [0.2, 0.25) is 0 Å². The number of ether oxygens (including phenoxy) is 1. The van der Waals surface area contributed by atoms with Gasteiger partial charge in [0.2, 0.25) is 21.2 Å². The van der Waals surface area contributed by atoms with Gasteiger partial charge in [-0.15, -0.1) is 0 Å². The number of fused-ring (bicyclic) bond motifs is 1. The van der Waals surface area contributed by atoms with Crippen molar-refractivity contribution < 1.29 is 22.4 Å². The Morgan fingerprint density at radius 1 is 1.03 bits per heavy atom. The molecule has 0 bridgehead atoms. The number of amides is 1. The molecule has 1 aliphatic heterocycles. The van der Waals surface area contributed by atoms with Gasteiger partial charge in [0.25, 0.3) is 5.91 Å². The molecule has 1 saturated heterocycles. The van der Waals surface area contributed by atoms with E-state index in [9.17, 15) is 18.0 Å². The van der Waals surface area contributed by atoms with E-state index >= 15 is 0 Å². The van der Waals surface area contributed by atoms with Gasteiger partial charge in [0.1, 0.15) is 12.0 Å². The fourth-order valence-electron chi connectivity index (χ4n) is 3.49. The molecule has 1 fully saturated rings. The summed E-state index contributed by atoms with van der Waals surface area (Å²) in [6.07, 6.45) is 1.18. The molecule has 0 unspecified atom stereocenters.